The summed E-state index contributed by atoms with van der Waals surface area (Å²) in [5.41, 5.74) is 1.15. The summed E-state index contributed by atoms with van der Waals surface area (Å²) < 4.78 is 11.1. The molecule has 2 heterocycles. The zero-order valence-electron chi connectivity index (χ0n) is 15.5. The Kier molecular flexibility index (Phi) is 11.6. The van der Waals surface area contributed by atoms with Gasteiger partial charge < -0.3 is 20.1 Å². The molecule has 1 aliphatic heterocycles. The maximum absolute atomic E-state index is 5.76. The van der Waals surface area contributed by atoms with Crippen LogP contribution in [0.1, 0.15) is 35.3 Å². The van der Waals surface area contributed by atoms with E-state index in [1.54, 1.807) is 11.3 Å². The molecule has 0 aromatic carbocycles. The second-order valence-electron chi connectivity index (χ2n) is 5.89. The molecule has 0 radical (unpaired) electrons. The first kappa shape index (κ1) is 22.6. The number of hydrogen-bond donors (Lipinski definition) is 2. The van der Waals surface area contributed by atoms with Gasteiger partial charge in [-0.05, 0) is 33.6 Å². The standard InChI is InChI=1S/C17H30N4O2S.HI/c1-4-18-17(19-8-5-10-23-15-7-11-22-12-15)20-9-6-16-13(2)21-14(3)24-16;/h15H,4-12H2,1-3H3,(H2,18,19,20);1H. The summed E-state index contributed by atoms with van der Waals surface area (Å²) in [5.74, 6) is 0.876. The number of hydrogen-bond acceptors (Lipinski definition) is 5. The van der Waals surface area contributed by atoms with E-state index in [0.717, 1.165) is 75.4 Å². The van der Waals surface area contributed by atoms with Crippen molar-refractivity contribution in [1.29, 1.82) is 0 Å². The fourth-order valence-electron chi connectivity index (χ4n) is 2.59. The quantitative estimate of drug-likeness (QED) is 0.245. The van der Waals surface area contributed by atoms with Crippen LogP contribution in [0.15, 0.2) is 4.99 Å². The first-order valence-corrected chi connectivity index (χ1v) is 9.65. The smallest absolute Gasteiger partial charge is 0.191 e. The van der Waals surface area contributed by atoms with Gasteiger partial charge in [0.2, 0.25) is 0 Å². The van der Waals surface area contributed by atoms with Crippen LogP contribution in [0.5, 0.6) is 0 Å². The molecule has 1 aliphatic rings. The third-order valence-electron chi connectivity index (χ3n) is 3.80. The Labute approximate surface area is 172 Å². The maximum Gasteiger partial charge on any atom is 0.191 e. The molecular formula is C17H31IN4O2S. The van der Waals surface area contributed by atoms with E-state index >= 15 is 0 Å². The highest BCUT2D eigenvalue weighted by Crippen LogP contribution is 2.17. The lowest BCUT2D eigenvalue weighted by molar-refractivity contribution is 0.0424. The van der Waals surface area contributed by atoms with Crippen molar-refractivity contribution in [2.75, 3.05) is 39.5 Å². The fourth-order valence-corrected chi connectivity index (χ4v) is 3.53. The largest absolute Gasteiger partial charge is 0.379 e. The van der Waals surface area contributed by atoms with Crippen LogP contribution in [0.3, 0.4) is 0 Å². The Balaban J connectivity index is 0.00000312. The highest BCUT2D eigenvalue weighted by atomic mass is 127. The molecule has 144 valence electrons. The summed E-state index contributed by atoms with van der Waals surface area (Å²) in [5, 5.41) is 7.82. The number of aryl methyl sites for hydroxylation is 2. The summed E-state index contributed by atoms with van der Waals surface area (Å²) in [4.78, 5) is 10.4. The molecule has 0 saturated carbocycles. The van der Waals surface area contributed by atoms with Crippen molar-refractivity contribution in [1.82, 2.24) is 15.6 Å². The number of aromatic nitrogens is 1. The molecule has 1 aromatic heterocycles. The van der Waals surface area contributed by atoms with E-state index in [4.69, 9.17) is 9.47 Å². The summed E-state index contributed by atoms with van der Waals surface area (Å²) in [6, 6.07) is 0. The molecule has 0 aliphatic carbocycles. The number of halogens is 1. The van der Waals surface area contributed by atoms with Crippen molar-refractivity contribution >= 4 is 41.3 Å². The number of ether oxygens (including phenoxy) is 2. The molecule has 6 nitrogen and oxygen atoms in total. The van der Waals surface area contributed by atoms with E-state index in [1.807, 2.05) is 0 Å². The van der Waals surface area contributed by atoms with E-state index in [1.165, 1.54) is 4.88 Å². The van der Waals surface area contributed by atoms with E-state index in [0.29, 0.717) is 0 Å². The Morgan fingerprint density at radius 2 is 2.24 bits per heavy atom. The number of rotatable bonds is 9. The zero-order valence-corrected chi connectivity index (χ0v) is 18.6. The molecule has 0 bridgehead atoms. The number of aliphatic imine (C=N–C) groups is 1. The Morgan fingerprint density at radius 1 is 1.40 bits per heavy atom. The Hall–Kier alpha value is -0.450. The van der Waals surface area contributed by atoms with E-state index in [2.05, 4.69) is 41.4 Å². The van der Waals surface area contributed by atoms with Crippen LogP contribution in [-0.4, -0.2) is 56.5 Å². The van der Waals surface area contributed by atoms with Crippen LogP contribution in [0.25, 0.3) is 0 Å². The van der Waals surface area contributed by atoms with E-state index < -0.39 is 0 Å². The number of nitrogens with one attached hydrogen (secondary N) is 2. The normalized spacial score (nSPS) is 17.4. The second-order valence-corrected chi connectivity index (χ2v) is 7.18. The third-order valence-corrected chi connectivity index (χ3v) is 4.93. The fraction of sp³-hybridized carbons (Fsp3) is 0.765. The van der Waals surface area contributed by atoms with Gasteiger partial charge in [0.15, 0.2) is 5.96 Å². The first-order valence-electron chi connectivity index (χ1n) is 8.83. The van der Waals surface area contributed by atoms with Crippen LogP contribution in [-0.2, 0) is 15.9 Å². The van der Waals surface area contributed by atoms with Crippen LogP contribution in [0.4, 0.5) is 0 Å². The van der Waals surface area contributed by atoms with Gasteiger partial charge in [-0.15, -0.1) is 35.3 Å². The number of guanidine groups is 1. The van der Waals surface area contributed by atoms with Crippen LogP contribution < -0.4 is 10.6 Å². The van der Waals surface area contributed by atoms with Gasteiger partial charge in [0.1, 0.15) is 0 Å². The van der Waals surface area contributed by atoms with Gasteiger partial charge in [-0.2, -0.15) is 0 Å². The predicted molar refractivity (Wildman–Crippen MR) is 114 cm³/mol. The zero-order chi connectivity index (χ0) is 17.2. The Morgan fingerprint density at radius 3 is 2.88 bits per heavy atom. The minimum atomic E-state index is 0. The van der Waals surface area contributed by atoms with Gasteiger partial charge in [0.25, 0.3) is 0 Å². The molecule has 2 rings (SSSR count). The molecule has 25 heavy (non-hydrogen) atoms. The van der Waals surface area contributed by atoms with Crippen LogP contribution in [0.2, 0.25) is 0 Å². The Bertz CT molecular complexity index is 519. The minimum Gasteiger partial charge on any atom is -0.379 e. The number of thiazole rings is 1. The molecular weight excluding hydrogens is 451 g/mol. The molecule has 1 saturated heterocycles. The maximum atomic E-state index is 5.76. The molecule has 2 N–H and O–H groups in total. The van der Waals surface area contributed by atoms with Crippen molar-refractivity contribution < 1.29 is 9.47 Å². The molecule has 1 atom stereocenters. The van der Waals surface area contributed by atoms with Crippen molar-refractivity contribution in [2.45, 2.75) is 46.1 Å². The van der Waals surface area contributed by atoms with Gasteiger partial charge in [-0.1, -0.05) is 0 Å². The van der Waals surface area contributed by atoms with Gasteiger partial charge in [0.05, 0.1) is 23.4 Å². The molecule has 0 spiro atoms. The van der Waals surface area contributed by atoms with Gasteiger partial charge in [-0.25, -0.2) is 4.98 Å². The molecule has 8 heteroatoms. The van der Waals surface area contributed by atoms with Crippen molar-refractivity contribution in [3.63, 3.8) is 0 Å². The first-order chi connectivity index (χ1) is 11.7. The lowest BCUT2D eigenvalue weighted by Gasteiger charge is -2.11. The summed E-state index contributed by atoms with van der Waals surface area (Å²) >= 11 is 1.78. The monoisotopic (exact) mass is 482 g/mol. The summed E-state index contributed by atoms with van der Waals surface area (Å²) in [7, 11) is 0. The summed E-state index contributed by atoms with van der Waals surface area (Å²) in [6.45, 7) is 11.0. The highest BCUT2D eigenvalue weighted by molar-refractivity contribution is 14.0. The molecule has 1 fully saturated rings. The van der Waals surface area contributed by atoms with Gasteiger partial charge in [0, 0.05) is 44.1 Å². The summed E-state index contributed by atoms with van der Waals surface area (Å²) in [6.07, 6.45) is 3.21. The van der Waals surface area contributed by atoms with Gasteiger partial charge in [-0.3, -0.25) is 4.99 Å². The lowest BCUT2D eigenvalue weighted by atomic mass is 10.3. The minimum absolute atomic E-state index is 0. The highest BCUT2D eigenvalue weighted by Gasteiger charge is 2.15. The number of nitrogens with zero attached hydrogens (tertiary/aromatic N) is 2. The van der Waals surface area contributed by atoms with Gasteiger partial charge >= 0.3 is 0 Å². The lowest BCUT2D eigenvalue weighted by Crippen LogP contribution is -2.38. The van der Waals surface area contributed by atoms with Crippen molar-refractivity contribution in [2.24, 2.45) is 4.99 Å². The van der Waals surface area contributed by atoms with Crippen molar-refractivity contribution in [3.8, 4) is 0 Å². The van der Waals surface area contributed by atoms with E-state index in [-0.39, 0.29) is 30.1 Å². The van der Waals surface area contributed by atoms with E-state index in [9.17, 15) is 0 Å². The average molecular weight is 482 g/mol. The predicted octanol–water partition coefficient (Wildman–Crippen LogP) is 2.67. The van der Waals surface area contributed by atoms with Crippen molar-refractivity contribution in [3.05, 3.63) is 15.6 Å². The molecule has 0 amide bonds. The third kappa shape index (κ3) is 8.65. The second kappa shape index (κ2) is 12.8. The molecule has 1 unspecified atom stereocenters. The van der Waals surface area contributed by atoms with Crippen LogP contribution in [0, 0.1) is 13.8 Å². The SMILES string of the molecule is CCNC(=NCCCOC1CCOC1)NCCc1sc(C)nc1C.I. The molecule has 1 aromatic rings. The average Bonchev–Trinajstić information content (AvgIpc) is 3.17. The van der Waals surface area contributed by atoms with Crippen LogP contribution >= 0.6 is 35.3 Å². The topological polar surface area (TPSA) is 67.8 Å².